The molecular formula is C17H20N2O4S. The number of esters is 1. The molecule has 0 aliphatic carbocycles. The Hall–Kier alpha value is -1.86. The number of hydrogen-bond donors (Lipinski definition) is 0. The number of carbonyl (C=O) groups is 1. The van der Waals surface area contributed by atoms with E-state index in [-0.39, 0.29) is 17.6 Å². The third-order valence-electron chi connectivity index (χ3n) is 4.05. The minimum Gasteiger partial charge on any atom is -0.468 e. The van der Waals surface area contributed by atoms with Crippen molar-refractivity contribution >= 4 is 28.6 Å². The molecular weight excluding hydrogens is 328 g/mol. The van der Waals surface area contributed by atoms with Gasteiger partial charge in [0.05, 0.1) is 30.7 Å². The monoisotopic (exact) mass is 348 g/mol. The molecule has 0 saturated carbocycles. The summed E-state index contributed by atoms with van der Waals surface area (Å²) in [5, 5.41) is 0.650. The number of fused-ring (bicyclic) bond motifs is 1. The van der Waals surface area contributed by atoms with Crippen LogP contribution < -0.4 is 5.56 Å². The summed E-state index contributed by atoms with van der Waals surface area (Å²) in [5.74, 6) is -0.342. The van der Waals surface area contributed by atoms with Crippen LogP contribution in [0.3, 0.4) is 0 Å². The number of carbonyl (C=O) groups excluding carboxylic acids is 1. The van der Waals surface area contributed by atoms with Gasteiger partial charge >= 0.3 is 5.97 Å². The second-order valence-corrected chi connectivity index (χ2v) is 7.05. The van der Waals surface area contributed by atoms with Crippen LogP contribution in [0, 0.1) is 0 Å². The predicted molar refractivity (Wildman–Crippen MR) is 92.3 cm³/mol. The molecule has 1 fully saturated rings. The zero-order valence-corrected chi connectivity index (χ0v) is 14.5. The largest absolute Gasteiger partial charge is 0.468 e. The van der Waals surface area contributed by atoms with Crippen LogP contribution in [-0.4, -0.2) is 40.6 Å². The Morgan fingerprint density at radius 3 is 3.00 bits per heavy atom. The Morgan fingerprint density at radius 2 is 2.29 bits per heavy atom. The van der Waals surface area contributed by atoms with E-state index in [2.05, 4.69) is 4.98 Å². The summed E-state index contributed by atoms with van der Waals surface area (Å²) in [4.78, 5) is 29.2. The molecule has 1 aromatic carbocycles. The molecule has 6 nitrogen and oxygen atoms in total. The number of hydrogen-bond acceptors (Lipinski definition) is 6. The van der Waals surface area contributed by atoms with Gasteiger partial charge < -0.3 is 9.47 Å². The van der Waals surface area contributed by atoms with Crippen LogP contribution >= 0.6 is 11.8 Å². The quantitative estimate of drug-likeness (QED) is 0.469. The molecule has 0 radical (unpaired) electrons. The van der Waals surface area contributed by atoms with Gasteiger partial charge in [0.15, 0.2) is 5.16 Å². The molecule has 0 amide bonds. The Bertz CT molecular complexity index is 799. The highest BCUT2D eigenvalue weighted by atomic mass is 32.2. The lowest BCUT2D eigenvalue weighted by atomic mass is 10.2. The van der Waals surface area contributed by atoms with E-state index >= 15 is 0 Å². The van der Waals surface area contributed by atoms with Crippen molar-refractivity contribution in [2.45, 2.75) is 42.8 Å². The van der Waals surface area contributed by atoms with Gasteiger partial charge in [-0.2, -0.15) is 0 Å². The highest BCUT2D eigenvalue weighted by Gasteiger charge is 2.23. The number of aromatic nitrogens is 2. The fourth-order valence-corrected chi connectivity index (χ4v) is 3.71. The van der Waals surface area contributed by atoms with Gasteiger partial charge in [-0.05, 0) is 31.9 Å². The van der Waals surface area contributed by atoms with Crippen molar-refractivity contribution in [2.24, 2.45) is 0 Å². The summed E-state index contributed by atoms with van der Waals surface area (Å²) in [5.41, 5.74) is 0.529. The van der Waals surface area contributed by atoms with Gasteiger partial charge in [0, 0.05) is 6.61 Å². The Balaban J connectivity index is 2.03. The second-order valence-electron chi connectivity index (χ2n) is 5.75. The topological polar surface area (TPSA) is 70.4 Å². The lowest BCUT2D eigenvalue weighted by molar-refractivity contribution is -0.139. The van der Waals surface area contributed by atoms with Crippen LogP contribution in [0.25, 0.3) is 10.9 Å². The predicted octanol–water partition coefficient (Wildman–Crippen LogP) is 2.23. The zero-order valence-electron chi connectivity index (χ0n) is 13.7. The number of nitrogens with zero attached hydrogens (tertiary/aromatic N) is 2. The van der Waals surface area contributed by atoms with E-state index < -0.39 is 5.25 Å². The number of para-hydroxylation sites is 1. The standard InChI is InChI=1S/C17H20N2O4S/c1-11(16(21)22-2)24-17-18-14-8-4-3-7-13(14)15(20)19(17)10-12-6-5-9-23-12/h3-4,7-8,11-12H,5-6,9-10H2,1-2H3/t11-,12-/m0/s1. The third kappa shape index (κ3) is 3.47. The molecule has 1 aliphatic heterocycles. The van der Waals surface area contributed by atoms with Crippen LogP contribution in [0.4, 0.5) is 0 Å². The van der Waals surface area contributed by atoms with Crippen LogP contribution in [-0.2, 0) is 20.8 Å². The van der Waals surface area contributed by atoms with Gasteiger partial charge in [0.2, 0.25) is 0 Å². The van der Waals surface area contributed by atoms with E-state index in [1.54, 1.807) is 23.6 Å². The number of benzene rings is 1. The first-order valence-corrected chi connectivity index (χ1v) is 8.84. The van der Waals surface area contributed by atoms with Crippen LogP contribution in [0.15, 0.2) is 34.2 Å². The fraction of sp³-hybridized carbons (Fsp3) is 0.471. The van der Waals surface area contributed by atoms with Crippen molar-refractivity contribution in [3.8, 4) is 0 Å². The molecule has 2 heterocycles. The van der Waals surface area contributed by atoms with Crippen LogP contribution in [0.1, 0.15) is 19.8 Å². The Labute approximate surface area is 144 Å². The average Bonchev–Trinajstić information content (AvgIpc) is 3.10. The van der Waals surface area contributed by atoms with Gasteiger partial charge in [0.25, 0.3) is 5.56 Å². The second kappa shape index (κ2) is 7.36. The van der Waals surface area contributed by atoms with Crippen molar-refractivity contribution in [1.29, 1.82) is 0 Å². The first-order chi connectivity index (χ1) is 11.6. The number of methoxy groups -OCH3 is 1. The summed E-state index contributed by atoms with van der Waals surface area (Å²) in [6.45, 7) is 2.92. The maximum Gasteiger partial charge on any atom is 0.318 e. The molecule has 24 heavy (non-hydrogen) atoms. The molecule has 1 saturated heterocycles. The number of thioether (sulfide) groups is 1. The zero-order chi connectivity index (χ0) is 17.1. The van der Waals surface area contributed by atoms with E-state index in [1.807, 2.05) is 12.1 Å². The van der Waals surface area contributed by atoms with Gasteiger partial charge in [-0.3, -0.25) is 14.2 Å². The molecule has 0 N–H and O–H groups in total. The molecule has 1 aliphatic rings. The first kappa shape index (κ1) is 17.0. The smallest absolute Gasteiger partial charge is 0.318 e. The highest BCUT2D eigenvalue weighted by Crippen LogP contribution is 2.24. The van der Waals surface area contributed by atoms with Gasteiger partial charge in [-0.1, -0.05) is 23.9 Å². The van der Waals surface area contributed by atoms with E-state index in [4.69, 9.17) is 9.47 Å². The lowest BCUT2D eigenvalue weighted by Gasteiger charge is -2.17. The van der Waals surface area contributed by atoms with Gasteiger partial charge in [0.1, 0.15) is 5.25 Å². The third-order valence-corrected chi connectivity index (χ3v) is 5.12. The highest BCUT2D eigenvalue weighted by molar-refractivity contribution is 8.00. The van der Waals surface area contributed by atoms with E-state index in [0.29, 0.717) is 22.6 Å². The first-order valence-electron chi connectivity index (χ1n) is 7.96. The van der Waals surface area contributed by atoms with Gasteiger partial charge in [-0.15, -0.1) is 0 Å². The van der Waals surface area contributed by atoms with E-state index in [9.17, 15) is 9.59 Å². The van der Waals surface area contributed by atoms with Crippen molar-refractivity contribution in [1.82, 2.24) is 9.55 Å². The van der Waals surface area contributed by atoms with Gasteiger partial charge in [-0.25, -0.2) is 4.98 Å². The molecule has 2 atom stereocenters. The normalized spacial score (nSPS) is 18.7. The molecule has 1 aromatic heterocycles. The SMILES string of the molecule is COC(=O)[C@H](C)Sc1nc2ccccc2c(=O)n1C[C@@H]1CCCO1. The van der Waals surface area contributed by atoms with Crippen molar-refractivity contribution in [2.75, 3.05) is 13.7 Å². The summed E-state index contributed by atoms with van der Waals surface area (Å²) in [6, 6.07) is 7.25. The maximum absolute atomic E-state index is 12.9. The van der Waals surface area contributed by atoms with Crippen LogP contribution in [0.5, 0.6) is 0 Å². The minimum atomic E-state index is -0.446. The van der Waals surface area contributed by atoms with Crippen LogP contribution in [0.2, 0.25) is 0 Å². The molecule has 0 unspecified atom stereocenters. The molecule has 7 heteroatoms. The van der Waals surface area contributed by atoms with E-state index in [0.717, 1.165) is 19.4 Å². The number of rotatable bonds is 5. The lowest BCUT2D eigenvalue weighted by Crippen LogP contribution is -2.29. The Morgan fingerprint density at radius 1 is 1.50 bits per heavy atom. The summed E-state index contributed by atoms with van der Waals surface area (Å²) in [6.07, 6.45) is 1.94. The summed E-state index contributed by atoms with van der Waals surface area (Å²) in [7, 11) is 1.35. The Kier molecular flexibility index (Phi) is 5.20. The molecule has 128 valence electrons. The molecule has 0 bridgehead atoms. The maximum atomic E-state index is 12.9. The van der Waals surface area contributed by atoms with Crippen molar-refractivity contribution < 1.29 is 14.3 Å². The van der Waals surface area contributed by atoms with E-state index in [1.165, 1.54) is 18.9 Å². The summed E-state index contributed by atoms with van der Waals surface area (Å²) >= 11 is 1.24. The fourth-order valence-electron chi connectivity index (χ4n) is 2.76. The molecule has 3 rings (SSSR count). The van der Waals surface area contributed by atoms with Crippen molar-refractivity contribution in [3.63, 3.8) is 0 Å². The van der Waals surface area contributed by atoms with Crippen molar-refractivity contribution in [3.05, 3.63) is 34.6 Å². The molecule has 2 aromatic rings. The minimum absolute atomic E-state index is 0.0124. The molecule has 0 spiro atoms. The number of ether oxygens (including phenoxy) is 2. The average molecular weight is 348 g/mol. The summed E-state index contributed by atoms with van der Waals surface area (Å²) < 4.78 is 12.1.